The first-order valence-corrected chi connectivity index (χ1v) is 5.33. The highest BCUT2D eigenvalue weighted by Crippen LogP contribution is 2.22. The Morgan fingerprint density at radius 2 is 2.36 bits per heavy atom. The summed E-state index contributed by atoms with van der Waals surface area (Å²) < 4.78 is 6.38. The summed E-state index contributed by atoms with van der Waals surface area (Å²) in [6.45, 7) is 4.12. The van der Waals surface area contributed by atoms with Crippen LogP contribution in [0.25, 0.3) is 10.7 Å². The van der Waals surface area contributed by atoms with Gasteiger partial charge in [-0.3, -0.25) is 9.67 Å². The minimum atomic E-state index is 0.276. The Labute approximate surface area is 90.0 Å². The monoisotopic (exact) mass is 227 g/mol. The lowest BCUT2D eigenvalue weighted by Crippen LogP contribution is -2.02. The van der Waals surface area contributed by atoms with E-state index in [-0.39, 0.29) is 6.04 Å². The number of aromatic nitrogens is 5. The van der Waals surface area contributed by atoms with Crippen LogP contribution in [0.3, 0.4) is 0 Å². The SMILES string of the molecule is CC(C)n1c(-c2cnns2)n[nH]c1=S. The number of aromatic amines is 1. The molecule has 0 bridgehead atoms. The van der Waals surface area contributed by atoms with E-state index in [1.165, 1.54) is 11.5 Å². The van der Waals surface area contributed by atoms with Crippen LogP contribution in [-0.2, 0) is 0 Å². The molecule has 0 atom stereocenters. The van der Waals surface area contributed by atoms with Crippen LogP contribution in [0, 0.1) is 4.77 Å². The highest BCUT2D eigenvalue weighted by Gasteiger charge is 2.12. The van der Waals surface area contributed by atoms with Gasteiger partial charge < -0.3 is 0 Å². The maximum atomic E-state index is 5.13. The molecule has 0 aliphatic rings. The van der Waals surface area contributed by atoms with Crippen LogP contribution < -0.4 is 0 Å². The summed E-state index contributed by atoms with van der Waals surface area (Å²) in [5.74, 6) is 0.806. The third kappa shape index (κ3) is 1.48. The molecule has 2 rings (SSSR count). The zero-order chi connectivity index (χ0) is 10.1. The van der Waals surface area contributed by atoms with E-state index in [2.05, 4.69) is 33.6 Å². The van der Waals surface area contributed by atoms with Crippen molar-refractivity contribution >= 4 is 23.8 Å². The second kappa shape index (κ2) is 3.58. The lowest BCUT2D eigenvalue weighted by molar-refractivity contribution is 0.597. The van der Waals surface area contributed by atoms with Gasteiger partial charge in [0.2, 0.25) is 0 Å². The molecular formula is C7H9N5S2. The van der Waals surface area contributed by atoms with Crippen molar-refractivity contribution in [1.29, 1.82) is 0 Å². The molecule has 0 saturated heterocycles. The Balaban J connectivity index is 2.60. The van der Waals surface area contributed by atoms with Crippen molar-refractivity contribution in [2.75, 3.05) is 0 Å². The molecule has 0 spiro atoms. The van der Waals surface area contributed by atoms with Crippen molar-refractivity contribution in [3.8, 4) is 10.7 Å². The quantitative estimate of drug-likeness (QED) is 0.798. The number of nitrogens with zero attached hydrogens (tertiary/aromatic N) is 4. The van der Waals surface area contributed by atoms with Gasteiger partial charge in [-0.1, -0.05) is 4.49 Å². The van der Waals surface area contributed by atoms with Gasteiger partial charge >= 0.3 is 0 Å². The molecule has 2 heterocycles. The third-order valence-electron chi connectivity index (χ3n) is 1.80. The minimum absolute atomic E-state index is 0.276. The standard InChI is InChI=1S/C7H9N5S2/c1-4(2)12-6(9-10-7(12)13)5-3-8-11-14-5/h3-4H,1-2H3,(H,10,13). The van der Waals surface area contributed by atoms with Crippen LogP contribution in [0.2, 0.25) is 0 Å². The fourth-order valence-electron chi connectivity index (χ4n) is 1.22. The molecule has 5 nitrogen and oxygen atoms in total. The minimum Gasteiger partial charge on any atom is -0.297 e. The van der Waals surface area contributed by atoms with Crippen molar-refractivity contribution in [1.82, 2.24) is 24.4 Å². The van der Waals surface area contributed by atoms with E-state index in [0.29, 0.717) is 4.77 Å². The molecule has 2 aromatic heterocycles. The Bertz CT molecular complexity index is 466. The van der Waals surface area contributed by atoms with E-state index in [9.17, 15) is 0 Å². The van der Waals surface area contributed by atoms with Gasteiger partial charge in [0, 0.05) is 6.04 Å². The van der Waals surface area contributed by atoms with Gasteiger partial charge in [0.25, 0.3) is 0 Å². The topological polar surface area (TPSA) is 59.4 Å². The average molecular weight is 227 g/mol. The Morgan fingerprint density at radius 3 is 2.93 bits per heavy atom. The molecule has 2 aromatic rings. The van der Waals surface area contributed by atoms with Gasteiger partial charge in [-0.25, -0.2) is 0 Å². The molecule has 0 aromatic carbocycles. The van der Waals surface area contributed by atoms with E-state index in [1.54, 1.807) is 6.20 Å². The molecule has 0 aliphatic carbocycles. The van der Waals surface area contributed by atoms with Crippen LogP contribution in [-0.4, -0.2) is 24.4 Å². The zero-order valence-electron chi connectivity index (χ0n) is 7.76. The van der Waals surface area contributed by atoms with E-state index in [4.69, 9.17) is 12.2 Å². The number of nitrogens with one attached hydrogen (secondary N) is 1. The molecule has 0 aliphatic heterocycles. The number of rotatable bonds is 2. The van der Waals surface area contributed by atoms with Gasteiger partial charge in [0.1, 0.15) is 4.88 Å². The summed E-state index contributed by atoms with van der Waals surface area (Å²) in [4.78, 5) is 0.922. The maximum Gasteiger partial charge on any atom is 0.195 e. The molecule has 0 amide bonds. The van der Waals surface area contributed by atoms with Gasteiger partial charge in [-0.15, -0.1) is 5.10 Å². The van der Waals surface area contributed by atoms with Gasteiger partial charge in [-0.2, -0.15) is 5.10 Å². The lowest BCUT2D eigenvalue weighted by atomic mass is 10.4. The fourth-order valence-corrected chi connectivity index (χ4v) is 2.07. The molecule has 0 fully saturated rings. The summed E-state index contributed by atoms with van der Waals surface area (Å²) in [6, 6.07) is 0.276. The summed E-state index contributed by atoms with van der Waals surface area (Å²) in [5.41, 5.74) is 0. The first-order chi connectivity index (χ1) is 6.70. The lowest BCUT2D eigenvalue weighted by Gasteiger charge is -2.07. The van der Waals surface area contributed by atoms with Crippen LogP contribution in [0.15, 0.2) is 6.20 Å². The van der Waals surface area contributed by atoms with E-state index in [1.807, 2.05) is 4.57 Å². The van der Waals surface area contributed by atoms with Gasteiger partial charge in [0.05, 0.1) is 6.20 Å². The van der Waals surface area contributed by atoms with Crippen molar-refractivity contribution in [3.63, 3.8) is 0 Å². The summed E-state index contributed by atoms with van der Waals surface area (Å²) in [7, 11) is 0. The summed E-state index contributed by atoms with van der Waals surface area (Å²) >= 11 is 6.44. The Kier molecular flexibility index (Phi) is 2.42. The van der Waals surface area contributed by atoms with Crippen molar-refractivity contribution < 1.29 is 0 Å². The predicted octanol–water partition coefficient (Wildman–Crippen LogP) is 2.04. The van der Waals surface area contributed by atoms with E-state index >= 15 is 0 Å². The van der Waals surface area contributed by atoms with E-state index in [0.717, 1.165) is 10.7 Å². The van der Waals surface area contributed by atoms with Crippen LogP contribution >= 0.6 is 23.8 Å². The molecule has 0 saturated carbocycles. The third-order valence-corrected chi connectivity index (χ3v) is 2.75. The summed E-state index contributed by atoms with van der Waals surface area (Å²) in [5, 5.41) is 10.7. The van der Waals surface area contributed by atoms with Crippen molar-refractivity contribution in [2.24, 2.45) is 0 Å². The number of hydrogen-bond acceptors (Lipinski definition) is 5. The molecule has 1 N–H and O–H groups in total. The molecule has 0 unspecified atom stereocenters. The highest BCUT2D eigenvalue weighted by atomic mass is 32.1. The number of H-pyrrole nitrogens is 1. The van der Waals surface area contributed by atoms with Gasteiger partial charge in [-0.05, 0) is 37.6 Å². The largest absolute Gasteiger partial charge is 0.297 e. The molecule has 0 radical (unpaired) electrons. The number of hydrogen-bond donors (Lipinski definition) is 1. The smallest absolute Gasteiger partial charge is 0.195 e. The first-order valence-electron chi connectivity index (χ1n) is 4.15. The van der Waals surface area contributed by atoms with Crippen LogP contribution in [0.1, 0.15) is 19.9 Å². The Morgan fingerprint density at radius 1 is 1.57 bits per heavy atom. The molecular weight excluding hydrogens is 218 g/mol. The highest BCUT2D eigenvalue weighted by molar-refractivity contribution is 7.71. The Hall–Kier alpha value is -1.08. The second-order valence-electron chi connectivity index (χ2n) is 3.10. The van der Waals surface area contributed by atoms with Crippen molar-refractivity contribution in [3.05, 3.63) is 11.0 Å². The summed E-state index contributed by atoms with van der Waals surface area (Å²) in [6.07, 6.45) is 1.69. The average Bonchev–Trinajstić information content (AvgIpc) is 2.70. The van der Waals surface area contributed by atoms with Crippen LogP contribution in [0.4, 0.5) is 0 Å². The molecule has 14 heavy (non-hydrogen) atoms. The predicted molar refractivity (Wildman–Crippen MR) is 56.7 cm³/mol. The van der Waals surface area contributed by atoms with Crippen LogP contribution in [0.5, 0.6) is 0 Å². The normalized spacial score (nSPS) is 11.1. The first kappa shape index (κ1) is 9.47. The molecule has 7 heteroatoms. The second-order valence-corrected chi connectivity index (χ2v) is 4.27. The fraction of sp³-hybridized carbons (Fsp3) is 0.429. The van der Waals surface area contributed by atoms with Crippen molar-refractivity contribution in [2.45, 2.75) is 19.9 Å². The zero-order valence-corrected chi connectivity index (χ0v) is 9.39. The maximum absolute atomic E-state index is 5.13. The molecule has 74 valence electrons. The van der Waals surface area contributed by atoms with Gasteiger partial charge in [0.15, 0.2) is 10.6 Å². The van der Waals surface area contributed by atoms with E-state index < -0.39 is 0 Å².